The molecule has 172 valence electrons. The first kappa shape index (κ1) is 27.0. The lowest BCUT2D eigenvalue weighted by Gasteiger charge is -2.40. The largest absolute Gasteiger partial charge is 0.492 e. The molecule has 0 unspecified atom stereocenters. The summed E-state index contributed by atoms with van der Waals surface area (Å²) in [7, 11) is -3.18. The topological polar surface area (TPSA) is 83.0 Å². The monoisotopic (exact) mass is 552 g/mol. The first-order chi connectivity index (χ1) is 13.7. The predicted molar refractivity (Wildman–Crippen MR) is 134 cm³/mol. The molecule has 7 nitrogen and oxygen atoms in total. The van der Waals surface area contributed by atoms with Crippen LogP contribution in [0.2, 0.25) is 0 Å². The molecule has 0 bridgehead atoms. The van der Waals surface area contributed by atoms with Gasteiger partial charge in [0.15, 0.2) is 15.8 Å². The third-order valence-corrected chi connectivity index (χ3v) is 6.22. The third-order valence-electron chi connectivity index (χ3n) is 5.10. The Balaban J connectivity index is 0.00000450. The number of rotatable bonds is 9. The fraction of sp³-hybridized carbons (Fsp3) is 0.667. The highest BCUT2D eigenvalue weighted by Gasteiger charge is 2.27. The lowest BCUT2D eigenvalue weighted by Crippen LogP contribution is -2.49. The van der Waals surface area contributed by atoms with Crippen molar-refractivity contribution in [3.05, 3.63) is 24.3 Å². The molecule has 1 aromatic carbocycles. The van der Waals surface area contributed by atoms with Crippen molar-refractivity contribution in [3.8, 4) is 5.75 Å². The highest BCUT2D eigenvalue weighted by Crippen LogP contribution is 2.20. The molecule has 1 heterocycles. The second kappa shape index (κ2) is 12.7. The smallest absolute Gasteiger partial charge is 0.191 e. The summed E-state index contributed by atoms with van der Waals surface area (Å²) in [6, 6.07) is 6.48. The van der Waals surface area contributed by atoms with Crippen molar-refractivity contribution in [1.29, 1.82) is 0 Å². The van der Waals surface area contributed by atoms with Crippen LogP contribution < -0.4 is 15.4 Å². The Morgan fingerprint density at radius 1 is 1.13 bits per heavy atom. The number of sulfone groups is 1. The fourth-order valence-corrected chi connectivity index (χ4v) is 3.97. The van der Waals surface area contributed by atoms with Crippen LogP contribution >= 0.6 is 24.0 Å². The maximum atomic E-state index is 11.5. The summed E-state index contributed by atoms with van der Waals surface area (Å²) in [6.07, 6.45) is 5.07. The summed E-state index contributed by atoms with van der Waals surface area (Å²) >= 11 is 0. The first-order valence-corrected chi connectivity index (χ1v) is 12.3. The van der Waals surface area contributed by atoms with Crippen molar-refractivity contribution in [2.45, 2.75) is 50.5 Å². The van der Waals surface area contributed by atoms with Crippen LogP contribution in [-0.2, 0) is 9.84 Å². The maximum Gasteiger partial charge on any atom is 0.191 e. The van der Waals surface area contributed by atoms with Crippen LogP contribution in [0.1, 0.15) is 40.0 Å². The number of nitrogens with one attached hydrogen (secondary N) is 2. The van der Waals surface area contributed by atoms with Gasteiger partial charge in [0.25, 0.3) is 0 Å². The average molecular weight is 553 g/mol. The summed E-state index contributed by atoms with van der Waals surface area (Å²) in [6.45, 7) is 11.5. The Bertz CT molecular complexity index is 761. The van der Waals surface area contributed by atoms with E-state index in [0.717, 1.165) is 32.1 Å². The normalized spacial score (nSPS) is 15.9. The van der Waals surface area contributed by atoms with E-state index in [1.807, 2.05) is 6.92 Å². The molecule has 0 aromatic heterocycles. The summed E-state index contributed by atoms with van der Waals surface area (Å²) in [5.41, 5.74) is 0.0423. The van der Waals surface area contributed by atoms with Gasteiger partial charge in [0.05, 0.1) is 18.0 Å². The number of hydrogen-bond acceptors (Lipinski definition) is 5. The van der Waals surface area contributed by atoms with Crippen LogP contribution in [0.25, 0.3) is 0 Å². The number of halogens is 1. The quantitative estimate of drug-likeness (QED) is 0.212. The molecule has 2 N–H and O–H groups in total. The van der Waals surface area contributed by atoms with Crippen molar-refractivity contribution in [3.63, 3.8) is 0 Å². The van der Waals surface area contributed by atoms with Crippen molar-refractivity contribution < 1.29 is 13.2 Å². The van der Waals surface area contributed by atoms with Crippen LogP contribution in [-0.4, -0.2) is 70.4 Å². The minimum Gasteiger partial charge on any atom is -0.492 e. The number of nitrogens with zero attached hydrogens (tertiary/aromatic N) is 2. The van der Waals surface area contributed by atoms with Gasteiger partial charge in [-0.25, -0.2) is 8.42 Å². The van der Waals surface area contributed by atoms with Crippen molar-refractivity contribution >= 4 is 39.8 Å². The van der Waals surface area contributed by atoms with Gasteiger partial charge in [0, 0.05) is 18.3 Å². The molecule has 1 aromatic rings. The molecular weight excluding hydrogens is 515 g/mol. The zero-order chi connectivity index (χ0) is 21.3. The number of guanidine groups is 1. The van der Waals surface area contributed by atoms with Crippen LogP contribution in [0.4, 0.5) is 0 Å². The third kappa shape index (κ3) is 8.97. The van der Waals surface area contributed by atoms with Gasteiger partial charge >= 0.3 is 0 Å². The van der Waals surface area contributed by atoms with Gasteiger partial charge in [-0.05, 0) is 71.0 Å². The predicted octanol–water partition coefficient (Wildman–Crippen LogP) is 2.91. The molecule has 30 heavy (non-hydrogen) atoms. The van der Waals surface area contributed by atoms with Gasteiger partial charge in [0.1, 0.15) is 12.4 Å². The zero-order valence-electron chi connectivity index (χ0n) is 18.6. The van der Waals surface area contributed by atoms with Gasteiger partial charge < -0.3 is 15.4 Å². The van der Waals surface area contributed by atoms with E-state index in [0.29, 0.717) is 23.8 Å². The fourth-order valence-electron chi connectivity index (χ4n) is 3.33. The van der Waals surface area contributed by atoms with E-state index >= 15 is 0 Å². The van der Waals surface area contributed by atoms with E-state index in [-0.39, 0.29) is 29.5 Å². The summed E-state index contributed by atoms with van der Waals surface area (Å²) < 4.78 is 28.7. The summed E-state index contributed by atoms with van der Waals surface area (Å²) in [4.78, 5) is 7.60. The number of likely N-dealkylation sites (tertiary alicyclic amines) is 1. The van der Waals surface area contributed by atoms with Gasteiger partial charge in [-0.1, -0.05) is 6.42 Å². The van der Waals surface area contributed by atoms with Gasteiger partial charge in [-0.3, -0.25) is 9.89 Å². The number of piperidine rings is 1. The molecule has 2 rings (SSSR count). The van der Waals surface area contributed by atoms with E-state index in [4.69, 9.17) is 9.73 Å². The van der Waals surface area contributed by atoms with E-state index in [1.165, 1.54) is 25.5 Å². The number of hydrogen-bond donors (Lipinski definition) is 2. The van der Waals surface area contributed by atoms with Gasteiger partial charge in [0.2, 0.25) is 0 Å². The molecule has 0 saturated carbocycles. The Labute approximate surface area is 199 Å². The zero-order valence-corrected chi connectivity index (χ0v) is 21.8. The molecular formula is C21H37IN4O3S. The lowest BCUT2D eigenvalue weighted by atomic mass is 9.99. The number of ether oxygens (including phenoxy) is 1. The van der Waals surface area contributed by atoms with E-state index in [9.17, 15) is 8.42 Å². The molecule has 9 heteroatoms. The maximum absolute atomic E-state index is 11.5. The second-order valence-electron chi connectivity index (χ2n) is 8.07. The average Bonchev–Trinajstić information content (AvgIpc) is 2.69. The van der Waals surface area contributed by atoms with Crippen LogP contribution in [0.5, 0.6) is 5.75 Å². The minimum absolute atomic E-state index is 0. The molecule has 1 aliphatic heterocycles. The molecule has 0 radical (unpaired) electrons. The standard InChI is InChI=1S/C21H36N4O3S.HI/c1-5-22-20(24-17-21(2,3)25-14-7-6-8-15-25)23-13-16-28-18-9-11-19(12-10-18)29(4,26)27;/h9-12H,5-8,13-17H2,1-4H3,(H2,22,23,24);1H. The van der Waals surface area contributed by atoms with E-state index < -0.39 is 9.84 Å². The number of benzene rings is 1. The van der Waals surface area contributed by atoms with Crippen molar-refractivity contribution in [2.75, 3.05) is 45.6 Å². The molecule has 1 saturated heterocycles. The minimum atomic E-state index is -3.18. The van der Waals surface area contributed by atoms with Gasteiger partial charge in [-0.15, -0.1) is 24.0 Å². The second-order valence-corrected chi connectivity index (χ2v) is 10.1. The number of aliphatic imine (C=N–C) groups is 1. The molecule has 0 spiro atoms. The molecule has 1 aliphatic rings. The molecule has 0 aliphatic carbocycles. The summed E-state index contributed by atoms with van der Waals surface area (Å²) in [5, 5.41) is 6.58. The van der Waals surface area contributed by atoms with Crippen molar-refractivity contribution in [1.82, 2.24) is 15.5 Å². The summed E-state index contributed by atoms with van der Waals surface area (Å²) in [5.74, 6) is 1.43. The highest BCUT2D eigenvalue weighted by atomic mass is 127. The lowest BCUT2D eigenvalue weighted by molar-refractivity contribution is 0.102. The first-order valence-electron chi connectivity index (χ1n) is 10.4. The van der Waals surface area contributed by atoms with E-state index in [1.54, 1.807) is 24.3 Å². The van der Waals surface area contributed by atoms with Crippen molar-refractivity contribution in [2.24, 2.45) is 4.99 Å². The van der Waals surface area contributed by atoms with E-state index in [2.05, 4.69) is 29.4 Å². The Hall–Kier alpha value is -1.07. The van der Waals surface area contributed by atoms with Crippen LogP contribution in [0, 0.1) is 0 Å². The SMILES string of the molecule is CCNC(=NCC(C)(C)N1CCCCC1)NCCOc1ccc(S(C)(=O)=O)cc1.I. The Morgan fingerprint density at radius 3 is 2.33 bits per heavy atom. The van der Waals surface area contributed by atoms with Crippen LogP contribution in [0.3, 0.4) is 0 Å². The Kier molecular flexibility index (Phi) is 11.4. The molecule has 1 fully saturated rings. The molecule has 0 amide bonds. The van der Waals surface area contributed by atoms with Gasteiger partial charge in [-0.2, -0.15) is 0 Å². The Morgan fingerprint density at radius 2 is 1.77 bits per heavy atom. The van der Waals surface area contributed by atoms with Crippen LogP contribution in [0.15, 0.2) is 34.2 Å². The highest BCUT2D eigenvalue weighted by molar-refractivity contribution is 14.0. The molecule has 0 atom stereocenters.